The number of nitrogens with one attached hydrogen (secondary N) is 1. The van der Waals surface area contributed by atoms with E-state index >= 15 is 0 Å². The summed E-state index contributed by atoms with van der Waals surface area (Å²) in [5, 5.41) is 0.896. The smallest absolute Gasteiger partial charge is 0.219 e. The van der Waals surface area contributed by atoms with Gasteiger partial charge in [0.15, 0.2) is 0 Å². The van der Waals surface area contributed by atoms with Gasteiger partial charge in [-0.3, -0.25) is 4.79 Å². The maximum atomic E-state index is 12.5. The third-order valence-corrected chi connectivity index (χ3v) is 7.87. The molecule has 32 heavy (non-hydrogen) atoms. The zero-order valence-corrected chi connectivity index (χ0v) is 20.8. The molecule has 2 aliphatic rings. The molecule has 1 fully saturated rings. The highest BCUT2D eigenvalue weighted by molar-refractivity contribution is 8.00. The molecule has 1 aromatic carbocycles. The summed E-state index contributed by atoms with van der Waals surface area (Å²) < 4.78 is 14.9. The zero-order valence-electron chi connectivity index (χ0n) is 19.2. The number of halogens is 1. The minimum absolute atomic E-state index is 0.0609. The van der Waals surface area contributed by atoms with Gasteiger partial charge in [0, 0.05) is 46.2 Å². The Morgan fingerprint density at radius 2 is 2.09 bits per heavy atom. The van der Waals surface area contributed by atoms with E-state index < -0.39 is 9.71 Å². The van der Waals surface area contributed by atoms with Crippen molar-refractivity contribution in [3.05, 3.63) is 53.1 Å². The topological polar surface area (TPSA) is 75.4 Å². The maximum absolute atomic E-state index is 12.5. The minimum atomic E-state index is -2.32. The molecule has 0 aromatic heterocycles. The normalized spacial score (nSPS) is 27.3. The highest BCUT2D eigenvalue weighted by Crippen LogP contribution is 2.47. The summed E-state index contributed by atoms with van der Waals surface area (Å²) in [6.07, 6.45) is 13.4. The lowest BCUT2D eigenvalue weighted by Crippen LogP contribution is -2.48. The summed E-state index contributed by atoms with van der Waals surface area (Å²) >= 11 is 6.31. The summed E-state index contributed by atoms with van der Waals surface area (Å²) in [6.45, 7) is 2.97. The molecule has 176 valence electrons. The second-order valence-corrected chi connectivity index (χ2v) is 12.1. The molecule has 0 bridgehead atoms. The predicted octanol–water partition coefficient (Wildman–Crippen LogP) is 4.34. The Morgan fingerprint density at radius 3 is 2.69 bits per heavy atom. The fourth-order valence-electron chi connectivity index (χ4n) is 5.16. The summed E-state index contributed by atoms with van der Waals surface area (Å²) in [4.78, 5) is 14.5. The van der Waals surface area contributed by atoms with Crippen molar-refractivity contribution in [2.24, 2.45) is 17.1 Å². The average molecular weight is 478 g/mol. The van der Waals surface area contributed by atoms with Crippen LogP contribution in [0, 0.1) is 11.3 Å². The summed E-state index contributed by atoms with van der Waals surface area (Å²) in [5.74, 6) is 4.13. The van der Waals surface area contributed by atoms with Gasteiger partial charge in [-0.1, -0.05) is 35.9 Å². The molecule has 2 aliphatic carbocycles. The Morgan fingerprint density at radius 1 is 1.38 bits per heavy atom. The first kappa shape index (κ1) is 24.9. The first-order valence-electron chi connectivity index (χ1n) is 11.3. The molecular formula is C25H36ClN3O2S. The number of nitrogens with zero attached hydrogens (tertiary/aromatic N) is 1. The number of carbonyl (C=O) groups is 1. The van der Waals surface area contributed by atoms with Gasteiger partial charge in [0.25, 0.3) is 0 Å². The van der Waals surface area contributed by atoms with Crippen LogP contribution in [0.1, 0.15) is 44.6 Å². The van der Waals surface area contributed by atoms with E-state index in [1.165, 1.54) is 0 Å². The number of hydrogen-bond acceptors (Lipinski definition) is 3. The third kappa shape index (κ3) is 6.40. The van der Waals surface area contributed by atoms with Crippen LogP contribution >= 0.6 is 11.6 Å². The molecule has 3 N–H and O–H groups in total. The lowest BCUT2D eigenvalue weighted by Gasteiger charge is -2.47. The van der Waals surface area contributed by atoms with Gasteiger partial charge in [0.1, 0.15) is 0 Å². The van der Waals surface area contributed by atoms with Gasteiger partial charge in [0.2, 0.25) is 5.91 Å². The van der Waals surface area contributed by atoms with Gasteiger partial charge in [-0.05, 0) is 86.0 Å². The largest absolute Gasteiger partial charge is 0.340 e. The molecule has 2 atom stereocenters. The zero-order chi connectivity index (χ0) is 23.4. The molecule has 7 heteroatoms. The highest BCUT2D eigenvalue weighted by Gasteiger charge is 2.41. The Balaban J connectivity index is 1.63. The summed E-state index contributed by atoms with van der Waals surface area (Å²) in [7, 11) is -2.32. The molecule has 0 heterocycles. The van der Waals surface area contributed by atoms with E-state index in [1.807, 2.05) is 35.2 Å². The molecule has 0 radical (unpaired) electrons. The van der Waals surface area contributed by atoms with Crippen molar-refractivity contribution in [3.63, 3.8) is 0 Å². The number of benzene rings is 1. The first-order chi connectivity index (χ1) is 15.1. The standard InChI is InChI=1S/C25H36ClN3O2S/c1-19(30)29(15-12-20-6-4-9-23(16-20)28-32(2,3)31)24-10-13-25(18-27,14-11-24)21-7-5-8-22(26)17-21/h4-9,16,21,24H,2,10-15,17-18,27H2,1,3H3,(H,28,31). The van der Waals surface area contributed by atoms with Crippen LogP contribution < -0.4 is 10.5 Å². The van der Waals surface area contributed by atoms with Crippen LogP contribution in [0.2, 0.25) is 0 Å². The van der Waals surface area contributed by atoms with E-state index in [4.69, 9.17) is 17.3 Å². The number of allylic oxidation sites excluding steroid dienone is 4. The van der Waals surface area contributed by atoms with Crippen molar-refractivity contribution < 1.29 is 9.00 Å². The lowest BCUT2D eigenvalue weighted by molar-refractivity contribution is -0.132. The number of rotatable bonds is 8. The Bertz CT molecular complexity index is 979. The Kier molecular flexibility index (Phi) is 8.12. The van der Waals surface area contributed by atoms with Gasteiger partial charge in [-0.25, -0.2) is 4.21 Å². The van der Waals surface area contributed by atoms with Gasteiger partial charge in [-0.2, -0.15) is 0 Å². The molecule has 0 aliphatic heterocycles. The van der Waals surface area contributed by atoms with Crippen molar-refractivity contribution in [3.8, 4) is 0 Å². The van der Waals surface area contributed by atoms with E-state index in [-0.39, 0.29) is 17.4 Å². The summed E-state index contributed by atoms with van der Waals surface area (Å²) in [5.41, 5.74) is 8.23. The number of anilines is 1. The van der Waals surface area contributed by atoms with Crippen LogP contribution in [0.4, 0.5) is 5.69 Å². The minimum Gasteiger partial charge on any atom is -0.340 e. The van der Waals surface area contributed by atoms with E-state index in [2.05, 4.69) is 22.7 Å². The number of carbonyl (C=O) groups excluding carboxylic acids is 1. The van der Waals surface area contributed by atoms with E-state index in [0.717, 1.165) is 54.8 Å². The van der Waals surface area contributed by atoms with Crippen LogP contribution in [-0.4, -0.2) is 46.3 Å². The number of nitrogens with two attached hydrogens (primary N) is 1. The van der Waals surface area contributed by atoms with Crippen molar-refractivity contribution in [2.45, 2.75) is 51.5 Å². The Hall–Kier alpha value is -1.76. The second-order valence-electron chi connectivity index (χ2n) is 9.38. The van der Waals surface area contributed by atoms with E-state index in [9.17, 15) is 9.00 Å². The molecule has 5 nitrogen and oxygen atoms in total. The number of hydrogen-bond donors (Lipinski definition) is 2. The molecule has 1 aromatic rings. The fraction of sp³-hybridized carbons (Fsp3) is 0.520. The van der Waals surface area contributed by atoms with Crippen LogP contribution in [0.5, 0.6) is 0 Å². The van der Waals surface area contributed by atoms with E-state index in [1.54, 1.807) is 13.2 Å². The molecular weight excluding hydrogens is 442 g/mol. The van der Waals surface area contributed by atoms with Gasteiger partial charge in [-0.15, -0.1) is 0 Å². The quantitative estimate of drug-likeness (QED) is 0.547. The van der Waals surface area contributed by atoms with Crippen LogP contribution in [0.3, 0.4) is 0 Å². The lowest BCUT2D eigenvalue weighted by atomic mass is 9.63. The highest BCUT2D eigenvalue weighted by atomic mass is 35.5. The second kappa shape index (κ2) is 10.4. The third-order valence-electron chi connectivity index (χ3n) is 6.93. The van der Waals surface area contributed by atoms with Crippen molar-refractivity contribution in [2.75, 3.05) is 24.1 Å². The predicted molar refractivity (Wildman–Crippen MR) is 137 cm³/mol. The molecule has 1 saturated carbocycles. The fourth-order valence-corrected chi connectivity index (χ4v) is 6.03. The molecule has 3 rings (SSSR count). The van der Waals surface area contributed by atoms with Crippen LogP contribution in [0.15, 0.2) is 47.5 Å². The van der Waals surface area contributed by atoms with Gasteiger partial charge in [0.05, 0.1) is 0 Å². The maximum Gasteiger partial charge on any atom is 0.219 e. The Labute approximate surface area is 198 Å². The van der Waals surface area contributed by atoms with Crippen molar-refractivity contribution >= 4 is 38.8 Å². The molecule has 0 saturated heterocycles. The SMILES string of the molecule is C=S(C)(=O)Nc1cccc(CCN(C(C)=O)C2CCC(CN)(C3C=CC=C(Cl)C3)CC2)c1. The van der Waals surface area contributed by atoms with Crippen LogP contribution in [0.25, 0.3) is 0 Å². The molecule has 1 amide bonds. The monoisotopic (exact) mass is 477 g/mol. The molecule has 0 spiro atoms. The number of amides is 1. The van der Waals surface area contributed by atoms with Gasteiger partial charge >= 0.3 is 0 Å². The summed E-state index contributed by atoms with van der Waals surface area (Å²) in [6, 6.07) is 8.08. The van der Waals surface area contributed by atoms with Crippen molar-refractivity contribution in [1.82, 2.24) is 4.90 Å². The van der Waals surface area contributed by atoms with Crippen molar-refractivity contribution in [1.29, 1.82) is 0 Å². The average Bonchev–Trinajstić information content (AvgIpc) is 2.73. The van der Waals surface area contributed by atoms with Crippen LogP contribution in [-0.2, 0) is 20.9 Å². The first-order valence-corrected chi connectivity index (χ1v) is 13.8. The van der Waals surface area contributed by atoms with E-state index in [0.29, 0.717) is 19.0 Å². The molecule has 2 unspecified atom stereocenters. The van der Waals surface area contributed by atoms with Gasteiger partial charge < -0.3 is 15.4 Å².